The molecule has 2 aliphatic rings. The summed E-state index contributed by atoms with van der Waals surface area (Å²) in [5.74, 6) is 0.865. The minimum absolute atomic E-state index is 0.0783. The molecule has 4 rings (SSSR count). The lowest BCUT2D eigenvalue weighted by Crippen LogP contribution is -2.47. The van der Waals surface area contributed by atoms with Crippen LogP contribution in [0.2, 0.25) is 0 Å². The molecule has 1 saturated heterocycles. The maximum Gasteiger partial charge on any atom is 0.262 e. The average Bonchev–Trinajstić information content (AvgIpc) is 2.73. The normalized spacial score (nSPS) is 19.8. The van der Waals surface area contributed by atoms with Crippen LogP contribution < -0.4 is 14.8 Å². The topological polar surface area (TPSA) is 94.2 Å². The molecular weight excluding hydrogens is 396 g/mol. The van der Waals surface area contributed by atoms with Gasteiger partial charge >= 0.3 is 0 Å². The Hall–Kier alpha value is -2.62. The van der Waals surface area contributed by atoms with Gasteiger partial charge in [0.1, 0.15) is 24.2 Å². The van der Waals surface area contributed by atoms with Gasteiger partial charge in [-0.2, -0.15) is 4.31 Å². The van der Waals surface area contributed by atoms with E-state index in [1.807, 2.05) is 30.3 Å². The van der Waals surface area contributed by atoms with Gasteiger partial charge in [-0.05, 0) is 36.8 Å². The Bertz CT molecular complexity index is 1010. The van der Waals surface area contributed by atoms with Crippen molar-refractivity contribution < 1.29 is 27.4 Å². The number of aryl methyl sites for hydroxylation is 1. The summed E-state index contributed by atoms with van der Waals surface area (Å²) < 4.78 is 44.7. The van der Waals surface area contributed by atoms with Gasteiger partial charge in [0.2, 0.25) is 10.0 Å². The Morgan fingerprint density at radius 2 is 2.03 bits per heavy atom. The van der Waals surface area contributed by atoms with Crippen molar-refractivity contribution in [2.75, 3.05) is 38.2 Å². The number of carbonyl (C=O) groups is 1. The van der Waals surface area contributed by atoms with Crippen LogP contribution in [-0.2, 0) is 19.6 Å². The predicted octanol–water partition coefficient (Wildman–Crippen LogP) is 1.79. The Morgan fingerprint density at radius 1 is 1.24 bits per heavy atom. The van der Waals surface area contributed by atoms with Crippen molar-refractivity contribution in [2.45, 2.75) is 17.9 Å². The summed E-state index contributed by atoms with van der Waals surface area (Å²) in [7, 11) is -3.77. The number of amides is 1. The number of benzene rings is 2. The summed E-state index contributed by atoms with van der Waals surface area (Å²) in [5, 5.41) is 2.66. The highest BCUT2D eigenvalue weighted by Gasteiger charge is 2.33. The molecule has 0 aromatic heterocycles. The van der Waals surface area contributed by atoms with Crippen molar-refractivity contribution in [3.63, 3.8) is 0 Å². The van der Waals surface area contributed by atoms with Gasteiger partial charge < -0.3 is 19.5 Å². The third-order valence-electron chi connectivity index (χ3n) is 4.81. The molecule has 1 N–H and O–H groups in total. The number of morpholine rings is 1. The van der Waals surface area contributed by atoms with Crippen LogP contribution in [0.3, 0.4) is 0 Å². The van der Waals surface area contributed by atoms with E-state index in [1.165, 1.54) is 10.4 Å². The van der Waals surface area contributed by atoms with Crippen molar-refractivity contribution in [1.82, 2.24) is 4.31 Å². The van der Waals surface area contributed by atoms with Gasteiger partial charge in [-0.15, -0.1) is 0 Å². The molecule has 1 unspecified atom stereocenters. The van der Waals surface area contributed by atoms with E-state index >= 15 is 0 Å². The molecule has 1 fully saturated rings. The van der Waals surface area contributed by atoms with Crippen molar-refractivity contribution >= 4 is 21.6 Å². The molecular formula is C20H22N2O6S. The van der Waals surface area contributed by atoms with Gasteiger partial charge in [0.25, 0.3) is 5.91 Å². The number of carbonyl (C=O) groups excluding carboxylic acids is 1. The van der Waals surface area contributed by atoms with E-state index in [4.69, 9.17) is 14.2 Å². The zero-order valence-corrected chi connectivity index (χ0v) is 16.8. The number of nitrogens with zero attached hydrogens (tertiary/aromatic N) is 1. The molecule has 8 nitrogen and oxygen atoms in total. The zero-order valence-electron chi connectivity index (χ0n) is 16.0. The molecule has 0 radical (unpaired) electrons. The number of anilines is 1. The van der Waals surface area contributed by atoms with Gasteiger partial charge in [-0.1, -0.05) is 18.2 Å². The van der Waals surface area contributed by atoms with E-state index in [0.29, 0.717) is 22.7 Å². The fourth-order valence-electron chi connectivity index (χ4n) is 3.34. The van der Waals surface area contributed by atoms with Crippen LogP contribution in [0.25, 0.3) is 0 Å². The average molecular weight is 418 g/mol. The number of rotatable bonds is 5. The molecule has 0 spiro atoms. The molecule has 2 aromatic rings. The van der Waals surface area contributed by atoms with Crippen LogP contribution in [0.15, 0.2) is 47.4 Å². The number of para-hydroxylation sites is 1. The summed E-state index contributed by atoms with van der Waals surface area (Å²) >= 11 is 0. The fraction of sp³-hybridized carbons (Fsp3) is 0.350. The van der Waals surface area contributed by atoms with Crippen molar-refractivity contribution in [2.24, 2.45) is 0 Å². The Kier molecular flexibility index (Phi) is 5.44. The van der Waals surface area contributed by atoms with E-state index in [1.54, 1.807) is 13.0 Å². The lowest BCUT2D eigenvalue weighted by molar-refractivity contribution is -0.118. The minimum Gasteiger partial charge on any atom is -0.491 e. The molecule has 1 amide bonds. The second-order valence-corrected chi connectivity index (χ2v) is 8.84. The van der Waals surface area contributed by atoms with Crippen LogP contribution >= 0.6 is 0 Å². The summed E-state index contributed by atoms with van der Waals surface area (Å²) in [6, 6.07) is 12.4. The van der Waals surface area contributed by atoms with E-state index in [-0.39, 0.29) is 49.8 Å². The van der Waals surface area contributed by atoms with Gasteiger partial charge in [0.05, 0.1) is 17.2 Å². The van der Waals surface area contributed by atoms with Crippen LogP contribution in [0, 0.1) is 6.92 Å². The van der Waals surface area contributed by atoms with Gasteiger partial charge in [0, 0.05) is 13.1 Å². The third-order valence-corrected chi connectivity index (χ3v) is 6.82. The predicted molar refractivity (Wildman–Crippen MR) is 106 cm³/mol. The fourth-order valence-corrected chi connectivity index (χ4v) is 5.03. The molecule has 0 saturated carbocycles. The van der Waals surface area contributed by atoms with Crippen LogP contribution in [0.5, 0.6) is 11.5 Å². The number of hydrogen-bond donors (Lipinski definition) is 1. The molecule has 0 bridgehead atoms. The van der Waals surface area contributed by atoms with Gasteiger partial charge in [0.15, 0.2) is 6.61 Å². The highest BCUT2D eigenvalue weighted by molar-refractivity contribution is 7.89. The maximum absolute atomic E-state index is 13.3. The van der Waals surface area contributed by atoms with E-state index in [9.17, 15) is 13.2 Å². The number of ether oxygens (including phenoxy) is 3. The smallest absolute Gasteiger partial charge is 0.262 e. The Labute approximate surface area is 169 Å². The summed E-state index contributed by atoms with van der Waals surface area (Å²) in [6.07, 6.45) is -0.375. The SMILES string of the molecule is Cc1cc2c(cc1S(=O)(=O)N1CCOC(COc3ccccc3)C1)NC(=O)CO2. The second kappa shape index (κ2) is 8.02. The largest absolute Gasteiger partial charge is 0.491 e. The molecule has 2 aromatic carbocycles. The number of nitrogens with one attached hydrogen (secondary N) is 1. The quantitative estimate of drug-likeness (QED) is 0.796. The van der Waals surface area contributed by atoms with E-state index in [0.717, 1.165) is 0 Å². The lowest BCUT2D eigenvalue weighted by Gasteiger charge is -2.32. The van der Waals surface area contributed by atoms with Crippen LogP contribution in [0.4, 0.5) is 5.69 Å². The van der Waals surface area contributed by atoms with Crippen molar-refractivity contribution in [3.8, 4) is 11.5 Å². The number of sulfonamides is 1. The first-order valence-electron chi connectivity index (χ1n) is 9.30. The lowest BCUT2D eigenvalue weighted by atomic mass is 10.2. The molecule has 0 aliphatic carbocycles. The summed E-state index contributed by atoms with van der Waals surface area (Å²) in [4.78, 5) is 11.7. The van der Waals surface area contributed by atoms with Crippen LogP contribution in [0.1, 0.15) is 5.56 Å². The third kappa shape index (κ3) is 4.21. The zero-order chi connectivity index (χ0) is 20.4. The molecule has 1 atom stereocenters. The number of hydrogen-bond acceptors (Lipinski definition) is 6. The van der Waals surface area contributed by atoms with Gasteiger partial charge in [-0.3, -0.25) is 4.79 Å². The van der Waals surface area contributed by atoms with Gasteiger partial charge in [-0.25, -0.2) is 8.42 Å². The molecule has 2 heterocycles. The van der Waals surface area contributed by atoms with E-state index < -0.39 is 10.0 Å². The van der Waals surface area contributed by atoms with Crippen molar-refractivity contribution in [3.05, 3.63) is 48.0 Å². The molecule has 29 heavy (non-hydrogen) atoms. The summed E-state index contributed by atoms with van der Waals surface area (Å²) in [5.41, 5.74) is 0.922. The van der Waals surface area contributed by atoms with Crippen LogP contribution in [-0.4, -0.2) is 57.6 Å². The molecule has 2 aliphatic heterocycles. The maximum atomic E-state index is 13.3. The molecule has 9 heteroatoms. The Balaban J connectivity index is 1.51. The molecule has 154 valence electrons. The summed E-state index contributed by atoms with van der Waals surface area (Å²) in [6.45, 7) is 2.61. The van der Waals surface area contributed by atoms with Crippen molar-refractivity contribution in [1.29, 1.82) is 0 Å². The Morgan fingerprint density at radius 3 is 2.83 bits per heavy atom. The monoisotopic (exact) mass is 418 g/mol. The first-order chi connectivity index (χ1) is 13.9. The standard InChI is InChI=1S/C20H22N2O6S/c1-14-9-18-17(21-20(23)13-28-18)10-19(14)29(24,25)22-7-8-26-16(11-22)12-27-15-5-3-2-4-6-15/h2-6,9-10,16H,7-8,11-13H2,1H3,(H,21,23). The highest BCUT2D eigenvalue weighted by Crippen LogP contribution is 2.34. The minimum atomic E-state index is -3.77. The second-order valence-electron chi connectivity index (χ2n) is 6.93. The first-order valence-corrected chi connectivity index (χ1v) is 10.7. The van der Waals surface area contributed by atoms with E-state index in [2.05, 4.69) is 5.32 Å². The number of fused-ring (bicyclic) bond motifs is 1. The highest BCUT2D eigenvalue weighted by atomic mass is 32.2. The first kappa shape index (κ1) is 19.7.